The van der Waals surface area contributed by atoms with Crippen molar-refractivity contribution in [3.63, 3.8) is 0 Å². The van der Waals surface area contributed by atoms with E-state index in [-0.39, 0.29) is 21.4 Å². The SMILES string of the molecule is O=C(O)c1ccc2c(c1)C(=O)SC2=O. The molecular formula is C9H4O4S. The van der Waals surface area contributed by atoms with Crippen LogP contribution in [-0.4, -0.2) is 21.3 Å². The van der Waals surface area contributed by atoms with Crippen molar-refractivity contribution in [1.82, 2.24) is 0 Å². The van der Waals surface area contributed by atoms with Crippen molar-refractivity contribution in [2.45, 2.75) is 0 Å². The first-order chi connectivity index (χ1) is 6.59. The van der Waals surface area contributed by atoms with Crippen molar-refractivity contribution >= 4 is 28.0 Å². The Labute approximate surface area is 82.9 Å². The van der Waals surface area contributed by atoms with E-state index in [9.17, 15) is 14.4 Å². The second-order valence-electron chi connectivity index (χ2n) is 2.74. The number of rotatable bonds is 1. The lowest BCUT2D eigenvalue weighted by Crippen LogP contribution is -1.99. The molecule has 0 fully saturated rings. The summed E-state index contributed by atoms with van der Waals surface area (Å²) < 4.78 is 0. The van der Waals surface area contributed by atoms with E-state index < -0.39 is 5.97 Å². The minimum Gasteiger partial charge on any atom is -0.478 e. The van der Waals surface area contributed by atoms with Crippen LogP contribution in [0.2, 0.25) is 0 Å². The highest BCUT2D eigenvalue weighted by Crippen LogP contribution is 2.30. The standard InChI is InChI=1S/C9H4O4S/c10-7(11)4-1-2-5-6(3-4)9(13)14-8(5)12/h1-3H,(H,10,11). The molecule has 0 spiro atoms. The van der Waals surface area contributed by atoms with Crippen LogP contribution in [0.1, 0.15) is 31.1 Å². The van der Waals surface area contributed by atoms with Gasteiger partial charge >= 0.3 is 5.97 Å². The number of carbonyl (C=O) groups is 3. The maximum atomic E-state index is 11.2. The summed E-state index contributed by atoms with van der Waals surface area (Å²) in [5.74, 6) is -1.11. The maximum Gasteiger partial charge on any atom is 0.335 e. The monoisotopic (exact) mass is 208 g/mol. The van der Waals surface area contributed by atoms with Gasteiger partial charge in [0.2, 0.25) is 10.2 Å². The number of fused-ring (bicyclic) bond motifs is 1. The van der Waals surface area contributed by atoms with E-state index in [1.54, 1.807) is 0 Å². The number of carboxylic acids is 1. The van der Waals surface area contributed by atoms with Gasteiger partial charge in [-0.25, -0.2) is 4.79 Å². The van der Waals surface area contributed by atoms with Crippen molar-refractivity contribution in [2.75, 3.05) is 0 Å². The van der Waals surface area contributed by atoms with E-state index in [1.807, 2.05) is 0 Å². The van der Waals surface area contributed by atoms with Crippen LogP contribution in [0.25, 0.3) is 0 Å². The number of carboxylic acid groups (broad SMARTS) is 1. The molecule has 0 aliphatic carbocycles. The van der Waals surface area contributed by atoms with Gasteiger partial charge in [0.25, 0.3) is 0 Å². The van der Waals surface area contributed by atoms with Crippen LogP contribution in [-0.2, 0) is 0 Å². The predicted octanol–water partition coefficient (Wildman–Crippen LogP) is 1.41. The summed E-state index contributed by atoms with van der Waals surface area (Å²) in [5.41, 5.74) is 0.511. The number of hydrogen-bond donors (Lipinski definition) is 1. The third-order valence-corrected chi connectivity index (χ3v) is 2.70. The summed E-state index contributed by atoms with van der Waals surface area (Å²) in [6.07, 6.45) is 0. The molecule has 0 bridgehead atoms. The zero-order valence-electron chi connectivity index (χ0n) is 6.81. The second kappa shape index (κ2) is 2.95. The number of carbonyl (C=O) groups excluding carboxylic acids is 2. The lowest BCUT2D eigenvalue weighted by atomic mass is 10.1. The van der Waals surface area contributed by atoms with E-state index in [0.717, 1.165) is 0 Å². The van der Waals surface area contributed by atoms with Gasteiger partial charge in [0.15, 0.2) is 0 Å². The van der Waals surface area contributed by atoms with Gasteiger partial charge in [-0.2, -0.15) is 0 Å². The van der Waals surface area contributed by atoms with Crippen LogP contribution in [0, 0.1) is 0 Å². The molecule has 1 N–H and O–H groups in total. The van der Waals surface area contributed by atoms with Crippen molar-refractivity contribution in [3.8, 4) is 0 Å². The molecule has 70 valence electrons. The van der Waals surface area contributed by atoms with Crippen LogP contribution in [0.15, 0.2) is 18.2 Å². The van der Waals surface area contributed by atoms with Crippen molar-refractivity contribution in [3.05, 3.63) is 34.9 Å². The van der Waals surface area contributed by atoms with E-state index in [1.165, 1.54) is 18.2 Å². The molecule has 2 rings (SSSR count). The molecule has 14 heavy (non-hydrogen) atoms. The van der Waals surface area contributed by atoms with Crippen LogP contribution in [0.5, 0.6) is 0 Å². The van der Waals surface area contributed by atoms with Gasteiger partial charge in [0, 0.05) is 11.1 Å². The summed E-state index contributed by atoms with van der Waals surface area (Å²) in [6, 6.07) is 3.93. The molecule has 1 aliphatic rings. The molecule has 0 unspecified atom stereocenters. The molecule has 0 radical (unpaired) electrons. The normalized spacial score (nSPS) is 14.3. The fourth-order valence-electron chi connectivity index (χ4n) is 1.22. The highest BCUT2D eigenvalue weighted by molar-refractivity contribution is 8.27. The fourth-order valence-corrected chi connectivity index (χ4v) is 1.95. The van der Waals surface area contributed by atoms with E-state index in [0.29, 0.717) is 17.3 Å². The van der Waals surface area contributed by atoms with E-state index >= 15 is 0 Å². The van der Waals surface area contributed by atoms with Gasteiger partial charge in [-0.15, -0.1) is 0 Å². The fraction of sp³-hybridized carbons (Fsp3) is 0. The van der Waals surface area contributed by atoms with Gasteiger partial charge in [-0.1, -0.05) is 0 Å². The van der Waals surface area contributed by atoms with Gasteiger partial charge in [-0.05, 0) is 30.0 Å². The van der Waals surface area contributed by atoms with Crippen LogP contribution < -0.4 is 0 Å². The largest absolute Gasteiger partial charge is 0.478 e. The smallest absolute Gasteiger partial charge is 0.335 e. The minimum absolute atomic E-state index is 0.0207. The minimum atomic E-state index is -1.11. The molecule has 0 atom stereocenters. The predicted molar refractivity (Wildman–Crippen MR) is 49.7 cm³/mol. The summed E-state index contributed by atoms with van der Waals surface area (Å²) in [6.45, 7) is 0. The molecule has 0 aromatic heterocycles. The molecule has 0 saturated carbocycles. The Morgan fingerprint density at radius 2 is 1.79 bits per heavy atom. The van der Waals surface area contributed by atoms with Gasteiger partial charge in [-0.3, -0.25) is 9.59 Å². The average Bonchev–Trinajstić information content (AvgIpc) is 2.42. The molecule has 4 nitrogen and oxygen atoms in total. The molecule has 1 heterocycles. The average molecular weight is 208 g/mol. The Balaban J connectivity index is 2.61. The third-order valence-electron chi connectivity index (χ3n) is 1.89. The number of benzene rings is 1. The third kappa shape index (κ3) is 1.22. The molecule has 0 saturated heterocycles. The second-order valence-corrected chi connectivity index (χ2v) is 3.69. The number of hydrogen-bond acceptors (Lipinski definition) is 4. The lowest BCUT2D eigenvalue weighted by Gasteiger charge is -1.96. The van der Waals surface area contributed by atoms with Crippen molar-refractivity contribution < 1.29 is 19.5 Å². The Morgan fingerprint density at radius 1 is 1.14 bits per heavy atom. The van der Waals surface area contributed by atoms with Crippen molar-refractivity contribution in [1.29, 1.82) is 0 Å². The first-order valence-electron chi connectivity index (χ1n) is 3.73. The zero-order valence-corrected chi connectivity index (χ0v) is 7.63. The maximum absolute atomic E-state index is 11.2. The van der Waals surface area contributed by atoms with Gasteiger partial charge in [0.05, 0.1) is 5.56 Å². The highest BCUT2D eigenvalue weighted by Gasteiger charge is 2.29. The Bertz CT molecular complexity index is 464. The summed E-state index contributed by atoms with van der Waals surface area (Å²) >= 11 is 0.599. The summed E-state index contributed by atoms with van der Waals surface area (Å²) in [5, 5.41) is 7.97. The highest BCUT2D eigenvalue weighted by atomic mass is 32.2. The lowest BCUT2D eigenvalue weighted by molar-refractivity contribution is 0.0696. The van der Waals surface area contributed by atoms with Gasteiger partial charge in [0.1, 0.15) is 0 Å². The zero-order chi connectivity index (χ0) is 10.3. The van der Waals surface area contributed by atoms with E-state index in [2.05, 4.69) is 0 Å². The molecule has 1 aliphatic heterocycles. The van der Waals surface area contributed by atoms with Crippen LogP contribution >= 0.6 is 11.8 Å². The first kappa shape index (κ1) is 8.96. The molecule has 0 amide bonds. The first-order valence-corrected chi connectivity index (χ1v) is 4.55. The van der Waals surface area contributed by atoms with Gasteiger partial charge < -0.3 is 5.11 Å². The summed E-state index contributed by atoms with van der Waals surface area (Å²) in [4.78, 5) is 32.9. The Hall–Kier alpha value is -1.62. The number of aromatic carboxylic acids is 1. The Morgan fingerprint density at radius 3 is 2.43 bits per heavy atom. The van der Waals surface area contributed by atoms with Crippen molar-refractivity contribution in [2.24, 2.45) is 0 Å². The molecule has 5 heteroatoms. The molecule has 1 aromatic rings. The molecule has 1 aromatic carbocycles. The quantitative estimate of drug-likeness (QED) is 0.755. The molecular weight excluding hydrogens is 204 g/mol. The summed E-state index contributed by atoms with van der Waals surface area (Å²) in [7, 11) is 0. The van der Waals surface area contributed by atoms with Crippen LogP contribution in [0.3, 0.4) is 0 Å². The van der Waals surface area contributed by atoms with Crippen LogP contribution in [0.4, 0.5) is 0 Å². The van der Waals surface area contributed by atoms with E-state index in [4.69, 9.17) is 5.11 Å². The topological polar surface area (TPSA) is 71.4 Å². The number of thioether (sulfide) groups is 1. The Kier molecular flexibility index (Phi) is 1.89.